The second kappa shape index (κ2) is 5.25. The number of aldehydes is 1. The maximum atomic E-state index is 10.8. The number of carbonyl (C=O) groups is 2. The summed E-state index contributed by atoms with van der Waals surface area (Å²) in [5.41, 5.74) is 0.590. The van der Waals surface area contributed by atoms with Gasteiger partial charge in [0.2, 0.25) is 0 Å². The van der Waals surface area contributed by atoms with Gasteiger partial charge < -0.3 is 9.90 Å². The van der Waals surface area contributed by atoms with Gasteiger partial charge in [0.15, 0.2) is 6.29 Å². The van der Waals surface area contributed by atoms with Crippen LogP contribution in [-0.4, -0.2) is 12.3 Å². The van der Waals surface area contributed by atoms with E-state index in [1.165, 1.54) is 12.1 Å². The fourth-order valence-corrected chi connectivity index (χ4v) is 1.60. The third kappa shape index (κ3) is 2.16. The molecular formula is C12H7NaO3. The number of rotatable bonds is 2. The van der Waals surface area contributed by atoms with Gasteiger partial charge in [0.25, 0.3) is 0 Å². The predicted molar refractivity (Wildman–Crippen MR) is 53.7 cm³/mol. The molecule has 2 aromatic carbocycles. The SMILES string of the molecule is O=Cc1ccc(C(=O)[O-])c2ccccc12.[Na+]. The van der Waals surface area contributed by atoms with Gasteiger partial charge in [-0.05, 0) is 10.8 Å². The van der Waals surface area contributed by atoms with Crippen LogP contribution in [0.2, 0.25) is 0 Å². The van der Waals surface area contributed by atoms with E-state index in [9.17, 15) is 14.7 Å². The number of fused-ring (bicyclic) bond motifs is 1. The van der Waals surface area contributed by atoms with E-state index in [0.29, 0.717) is 22.6 Å². The van der Waals surface area contributed by atoms with Crippen LogP contribution < -0.4 is 34.7 Å². The van der Waals surface area contributed by atoms with Gasteiger partial charge in [-0.15, -0.1) is 0 Å². The van der Waals surface area contributed by atoms with Crippen molar-refractivity contribution in [1.29, 1.82) is 0 Å². The van der Waals surface area contributed by atoms with Crippen LogP contribution in [0.5, 0.6) is 0 Å². The quantitative estimate of drug-likeness (QED) is 0.437. The molecule has 0 saturated carbocycles. The molecule has 0 unspecified atom stereocenters. The van der Waals surface area contributed by atoms with Crippen molar-refractivity contribution in [2.24, 2.45) is 0 Å². The molecule has 0 amide bonds. The van der Waals surface area contributed by atoms with Gasteiger partial charge in [0.1, 0.15) is 0 Å². The molecule has 0 aliphatic carbocycles. The molecule has 0 saturated heterocycles. The molecule has 2 aromatic rings. The molecule has 0 aliphatic rings. The number of hydrogen-bond donors (Lipinski definition) is 0. The van der Waals surface area contributed by atoms with Crippen LogP contribution in [0.25, 0.3) is 10.8 Å². The molecule has 0 spiro atoms. The van der Waals surface area contributed by atoms with Crippen molar-refractivity contribution in [3.05, 3.63) is 47.5 Å². The summed E-state index contributed by atoms with van der Waals surface area (Å²) < 4.78 is 0. The third-order valence-electron chi connectivity index (χ3n) is 2.30. The van der Waals surface area contributed by atoms with Crippen molar-refractivity contribution in [2.75, 3.05) is 0 Å². The summed E-state index contributed by atoms with van der Waals surface area (Å²) in [5.74, 6) is -1.23. The number of carbonyl (C=O) groups excluding carboxylic acids is 2. The van der Waals surface area contributed by atoms with E-state index in [0.717, 1.165) is 0 Å². The zero-order chi connectivity index (χ0) is 10.8. The minimum absolute atomic E-state index is 0. The van der Waals surface area contributed by atoms with Crippen molar-refractivity contribution in [1.82, 2.24) is 0 Å². The molecule has 0 aliphatic heterocycles. The summed E-state index contributed by atoms with van der Waals surface area (Å²) in [6.07, 6.45) is 0.710. The molecule has 0 aromatic heterocycles. The van der Waals surface area contributed by atoms with Gasteiger partial charge >= 0.3 is 29.6 Å². The number of carboxylic acids is 1. The van der Waals surface area contributed by atoms with E-state index in [2.05, 4.69) is 0 Å². The van der Waals surface area contributed by atoms with Crippen molar-refractivity contribution >= 4 is 23.0 Å². The second-order valence-corrected chi connectivity index (χ2v) is 3.15. The van der Waals surface area contributed by atoms with Gasteiger partial charge in [0, 0.05) is 11.1 Å². The Morgan fingerprint density at radius 3 is 2.25 bits per heavy atom. The molecule has 0 bridgehead atoms. The van der Waals surface area contributed by atoms with Crippen LogP contribution >= 0.6 is 0 Å². The fraction of sp³-hybridized carbons (Fsp3) is 0. The molecule has 16 heavy (non-hydrogen) atoms. The average Bonchev–Trinajstić information content (AvgIpc) is 2.27. The summed E-state index contributed by atoms with van der Waals surface area (Å²) in [7, 11) is 0. The average molecular weight is 222 g/mol. The summed E-state index contributed by atoms with van der Waals surface area (Å²) in [5, 5.41) is 12.0. The monoisotopic (exact) mass is 222 g/mol. The zero-order valence-corrected chi connectivity index (χ0v) is 10.8. The first-order chi connectivity index (χ1) is 7.24. The molecule has 0 N–H and O–H groups in total. The van der Waals surface area contributed by atoms with Crippen molar-refractivity contribution in [3.63, 3.8) is 0 Å². The Morgan fingerprint density at radius 1 is 1.06 bits per heavy atom. The first-order valence-electron chi connectivity index (χ1n) is 4.42. The van der Waals surface area contributed by atoms with Crippen LogP contribution in [0.15, 0.2) is 36.4 Å². The fourth-order valence-electron chi connectivity index (χ4n) is 1.60. The Morgan fingerprint density at radius 2 is 1.69 bits per heavy atom. The van der Waals surface area contributed by atoms with Crippen molar-refractivity contribution < 1.29 is 44.3 Å². The molecule has 0 fully saturated rings. The minimum atomic E-state index is -1.23. The normalized spacial score (nSPS) is 9.50. The van der Waals surface area contributed by atoms with Crippen LogP contribution in [0.3, 0.4) is 0 Å². The number of benzene rings is 2. The Bertz CT molecular complexity index is 549. The van der Waals surface area contributed by atoms with Gasteiger partial charge in [-0.1, -0.05) is 36.4 Å². The Hall–Kier alpha value is -1.16. The van der Waals surface area contributed by atoms with Crippen LogP contribution in [-0.2, 0) is 0 Å². The summed E-state index contributed by atoms with van der Waals surface area (Å²) in [6.45, 7) is 0. The van der Waals surface area contributed by atoms with E-state index >= 15 is 0 Å². The maximum absolute atomic E-state index is 10.8. The summed E-state index contributed by atoms with van der Waals surface area (Å²) in [6, 6.07) is 9.73. The summed E-state index contributed by atoms with van der Waals surface area (Å²) in [4.78, 5) is 21.6. The van der Waals surface area contributed by atoms with Gasteiger partial charge in [0.05, 0.1) is 5.97 Å². The van der Waals surface area contributed by atoms with E-state index < -0.39 is 5.97 Å². The Kier molecular flexibility index (Phi) is 4.24. The molecule has 74 valence electrons. The van der Waals surface area contributed by atoms with E-state index in [1.807, 2.05) is 0 Å². The molecular weight excluding hydrogens is 215 g/mol. The van der Waals surface area contributed by atoms with Gasteiger partial charge in [-0.2, -0.15) is 0 Å². The summed E-state index contributed by atoms with van der Waals surface area (Å²) >= 11 is 0. The third-order valence-corrected chi connectivity index (χ3v) is 2.30. The molecule has 0 radical (unpaired) electrons. The molecule has 3 nitrogen and oxygen atoms in total. The zero-order valence-electron chi connectivity index (χ0n) is 8.77. The topological polar surface area (TPSA) is 57.2 Å². The van der Waals surface area contributed by atoms with Gasteiger partial charge in [-0.3, -0.25) is 4.79 Å². The Balaban J connectivity index is 0.00000128. The molecule has 0 atom stereocenters. The molecule has 0 heterocycles. The van der Waals surface area contributed by atoms with Crippen LogP contribution in [0, 0.1) is 0 Å². The number of hydrogen-bond acceptors (Lipinski definition) is 3. The smallest absolute Gasteiger partial charge is 0.545 e. The number of aromatic carboxylic acids is 1. The second-order valence-electron chi connectivity index (χ2n) is 3.15. The minimum Gasteiger partial charge on any atom is -0.545 e. The first-order valence-corrected chi connectivity index (χ1v) is 4.42. The van der Waals surface area contributed by atoms with Crippen molar-refractivity contribution in [2.45, 2.75) is 0 Å². The maximum Gasteiger partial charge on any atom is 1.00 e. The van der Waals surface area contributed by atoms with Crippen LogP contribution in [0.4, 0.5) is 0 Å². The first kappa shape index (κ1) is 12.9. The van der Waals surface area contributed by atoms with Crippen molar-refractivity contribution in [3.8, 4) is 0 Å². The Labute approximate surface area is 114 Å². The van der Waals surface area contributed by atoms with E-state index in [-0.39, 0.29) is 35.1 Å². The standard InChI is InChI=1S/C12H8O3.Na/c13-7-8-5-6-11(12(14)15)10-4-2-1-3-9(8)10;/h1-7H,(H,14,15);/q;+1/p-1. The largest absolute Gasteiger partial charge is 1.00 e. The van der Waals surface area contributed by atoms with Gasteiger partial charge in [-0.25, -0.2) is 0 Å². The predicted octanol–water partition coefficient (Wildman–Crippen LogP) is -1.98. The van der Waals surface area contributed by atoms with Crippen LogP contribution in [0.1, 0.15) is 20.7 Å². The van der Waals surface area contributed by atoms with E-state index in [1.54, 1.807) is 24.3 Å². The number of carboxylic acid groups (broad SMARTS) is 1. The van der Waals surface area contributed by atoms with E-state index in [4.69, 9.17) is 0 Å². The molecule has 4 heteroatoms. The molecule has 2 rings (SSSR count).